The molecule has 1 aliphatic heterocycles. The number of benzene rings is 1. The molecule has 0 saturated carbocycles. The van der Waals surface area contributed by atoms with E-state index < -0.39 is 41.1 Å². The van der Waals surface area contributed by atoms with E-state index in [0.29, 0.717) is 17.1 Å². The molecule has 1 amide bonds. The Hall–Kier alpha value is -3.15. The molecule has 2 aromatic heterocycles. The molecule has 1 unspecified atom stereocenters. The molecule has 33 heavy (non-hydrogen) atoms. The molecular formula is C17H15FN6O7P2. The van der Waals surface area contributed by atoms with Gasteiger partial charge in [-0.3, -0.25) is 14.4 Å². The van der Waals surface area contributed by atoms with E-state index in [1.165, 1.54) is 23.1 Å². The second-order valence-corrected chi connectivity index (χ2v) is 8.73. The number of phosphoric ester groups is 1. The largest absolute Gasteiger partial charge is 0.482 e. The summed E-state index contributed by atoms with van der Waals surface area (Å²) >= 11 is 0. The van der Waals surface area contributed by atoms with E-state index in [0.717, 1.165) is 11.0 Å². The number of aromatic nitrogens is 5. The Morgan fingerprint density at radius 2 is 2.18 bits per heavy atom. The van der Waals surface area contributed by atoms with Crippen molar-refractivity contribution in [1.82, 2.24) is 25.2 Å². The van der Waals surface area contributed by atoms with Crippen LogP contribution in [-0.2, 0) is 29.7 Å². The number of halogens is 1. The van der Waals surface area contributed by atoms with E-state index in [4.69, 9.17) is 4.74 Å². The van der Waals surface area contributed by atoms with Gasteiger partial charge in [-0.25, -0.2) is 18.3 Å². The Morgan fingerprint density at radius 3 is 2.82 bits per heavy atom. The lowest BCUT2D eigenvalue weighted by molar-refractivity contribution is 0.0905. The predicted molar refractivity (Wildman–Crippen MR) is 110 cm³/mol. The first kappa shape index (κ1) is 23.0. The third-order valence-corrected chi connectivity index (χ3v) is 6.08. The monoisotopic (exact) mass is 496 g/mol. The number of pyridine rings is 1. The SMILES string of the molecule is Cn1nnc(-c2ccc(-c3ccc(N4C[C@H](COP(=O)(O)OP=O)OC4=O)cc3F)cn2)n1. The van der Waals surface area contributed by atoms with E-state index >= 15 is 0 Å². The number of carbonyl (C=O) groups excluding carboxylic acids is 1. The summed E-state index contributed by atoms with van der Waals surface area (Å²) in [4.78, 5) is 28.1. The zero-order valence-corrected chi connectivity index (χ0v) is 18.6. The molecule has 1 saturated heterocycles. The average molecular weight is 496 g/mol. The van der Waals surface area contributed by atoms with Crippen LogP contribution in [-0.4, -0.2) is 55.4 Å². The summed E-state index contributed by atoms with van der Waals surface area (Å²) in [6.07, 6.45) is -0.231. The summed E-state index contributed by atoms with van der Waals surface area (Å²) in [5, 5.41) is 11.7. The van der Waals surface area contributed by atoms with Crippen molar-refractivity contribution in [3.8, 4) is 22.6 Å². The molecule has 13 nitrogen and oxygen atoms in total. The van der Waals surface area contributed by atoms with Crippen molar-refractivity contribution < 1.29 is 36.8 Å². The molecule has 3 heterocycles. The molecule has 1 aliphatic rings. The van der Waals surface area contributed by atoms with Gasteiger partial charge in [0.2, 0.25) is 5.82 Å². The molecular weight excluding hydrogens is 481 g/mol. The molecule has 16 heteroatoms. The molecule has 172 valence electrons. The van der Waals surface area contributed by atoms with Crippen LogP contribution in [0.5, 0.6) is 0 Å². The van der Waals surface area contributed by atoms with Gasteiger partial charge in [0.05, 0.1) is 25.9 Å². The van der Waals surface area contributed by atoms with Crippen molar-refractivity contribution in [3.63, 3.8) is 0 Å². The summed E-state index contributed by atoms with van der Waals surface area (Å²) in [7, 11) is -3.94. The van der Waals surface area contributed by atoms with Crippen LogP contribution < -0.4 is 4.90 Å². The van der Waals surface area contributed by atoms with Crippen LogP contribution in [0.15, 0.2) is 36.5 Å². The molecule has 0 radical (unpaired) electrons. The normalized spacial score (nSPS) is 17.8. The van der Waals surface area contributed by atoms with Crippen LogP contribution in [0.3, 0.4) is 0 Å². The van der Waals surface area contributed by atoms with Crippen LogP contribution in [0.1, 0.15) is 0 Å². The smallest absolute Gasteiger partial charge is 0.441 e. The highest BCUT2D eigenvalue weighted by Gasteiger charge is 2.35. The highest BCUT2D eigenvalue weighted by molar-refractivity contribution is 7.52. The van der Waals surface area contributed by atoms with E-state index in [1.54, 1.807) is 19.2 Å². The quantitative estimate of drug-likeness (QED) is 0.457. The van der Waals surface area contributed by atoms with Gasteiger partial charge in [-0.2, -0.15) is 9.11 Å². The van der Waals surface area contributed by atoms with Gasteiger partial charge in [0, 0.05) is 17.3 Å². The first-order chi connectivity index (χ1) is 15.8. The van der Waals surface area contributed by atoms with Crippen molar-refractivity contribution in [2.45, 2.75) is 6.10 Å². The summed E-state index contributed by atoms with van der Waals surface area (Å²) in [5.74, 6) is -0.266. The second-order valence-electron chi connectivity index (χ2n) is 6.74. The average Bonchev–Trinajstić information content (AvgIpc) is 3.38. The Balaban J connectivity index is 1.45. The van der Waals surface area contributed by atoms with Gasteiger partial charge in [0.25, 0.3) is 0 Å². The van der Waals surface area contributed by atoms with E-state index in [9.17, 15) is 23.2 Å². The highest BCUT2D eigenvalue weighted by Crippen LogP contribution is 2.47. The maximum atomic E-state index is 14.8. The zero-order chi connectivity index (χ0) is 23.6. The molecule has 0 spiro atoms. The summed E-state index contributed by atoms with van der Waals surface area (Å²) in [6, 6.07) is 7.47. The number of amides is 1. The minimum absolute atomic E-state index is 0.0614. The third kappa shape index (κ3) is 5.27. The van der Waals surface area contributed by atoms with Crippen LogP contribution in [0.2, 0.25) is 0 Å². The number of hydrogen-bond acceptors (Lipinski definition) is 10. The van der Waals surface area contributed by atoms with Crippen molar-refractivity contribution in [2.75, 3.05) is 18.1 Å². The standard InChI is InChI=1S/C17H15FN6O7P2/c1-23-21-16(20-22-23)15-5-2-10(7-19-15)13-4-3-11(6-14(13)18)24-8-12(30-17(24)25)9-29-33(27,28)31-32-26/h2-7,12H,8-9H2,1H3,(H,27,28)/t12-/m1/s1. The second kappa shape index (κ2) is 9.38. The maximum absolute atomic E-state index is 14.8. The lowest BCUT2D eigenvalue weighted by atomic mass is 10.1. The van der Waals surface area contributed by atoms with Gasteiger partial charge in [0.15, 0.2) is 0 Å². The zero-order valence-electron chi connectivity index (χ0n) is 16.8. The third-order valence-electron chi connectivity index (χ3n) is 4.51. The number of nitrogens with zero attached hydrogens (tertiary/aromatic N) is 6. The van der Waals surface area contributed by atoms with Crippen molar-refractivity contribution >= 4 is 28.3 Å². The first-order valence-electron chi connectivity index (χ1n) is 9.23. The highest BCUT2D eigenvalue weighted by atomic mass is 31.2. The molecule has 4 rings (SSSR count). The first-order valence-corrected chi connectivity index (χ1v) is 11.5. The fraction of sp³-hybridized carbons (Fsp3) is 0.235. The molecule has 3 aromatic rings. The number of carbonyl (C=O) groups is 1. The Bertz CT molecular complexity index is 1240. The summed E-state index contributed by atoms with van der Waals surface area (Å²) in [6.45, 7) is -0.543. The number of anilines is 1. The molecule has 1 aromatic carbocycles. The van der Waals surface area contributed by atoms with Crippen LogP contribution in [0, 0.1) is 5.82 Å². The number of tetrazole rings is 1. The molecule has 2 atom stereocenters. The van der Waals surface area contributed by atoms with Gasteiger partial charge in [-0.05, 0) is 29.5 Å². The summed E-state index contributed by atoms with van der Waals surface area (Å²) in [5.41, 5.74) is 1.45. The Kier molecular flexibility index (Phi) is 6.54. The number of phosphoric acid groups is 1. The van der Waals surface area contributed by atoms with E-state index in [2.05, 4.69) is 29.2 Å². The van der Waals surface area contributed by atoms with Crippen molar-refractivity contribution in [1.29, 1.82) is 0 Å². The minimum Gasteiger partial charge on any atom is -0.441 e. The van der Waals surface area contributed by atoms with Gasteiger partial charge < -0.3 is 9.63 Å². The number of ether oxygens (including phenoxy) is 1. The number of rotatable bonds is 8. The topological polar surface area (TPSA) is 159 Å². The molecule has 0 bridgehead atoms. The van der Waals surface area contributed by atoms with Crippen molar-refractivity contribution in [3.05, 3.63) is 42.3 Å². The van der Waals surface area contributed by atoms with Gasteiger partial charge >= 0.3 is 22.6 Å². The Labute approximate surface area is 187 Å². The van der Waals surface area contributed by atoms with Gasteiger partial charge in [-0.15, -0.1) is 10.2 Å². The van der Waals surface area contributed by atoms with Crippen LogP contribution >= 0.6 is 16.5 Å². The number of hydrogen-bond donors (Lipinski definition) is 1. The lowest BCUT2D eigenvalue weighted by Gasteiger charge is -2.14. The maximum Gasteiger partial charge on any atom is 0.482 e. The van der Waals surface area contributed by atoms with Crippen molar-refractivity contribution in [2.24, 2.45) is 7.05 Å². The van der Waals surface area contributed by atoms with E-state index in [1.807, 2.05) is 0 Å². The predicted octanol–water partition coefficient (Wildman–Crippen LogP) is 2.74. The van der Waals surface area contributed by atoms with Gasteiger partial charge in [-0.1, -0.05) is 6.07 Å². The van der Waals surface area contributed by atoms with Gasteiger partial charge in [0.1, 0.15) is 17.6 Å². The fourth-order valence-electron chi connectivity index (χ4n) is 3.04. The molecule has 1 fully saturated rings. The van der Waals surface area contributed by atoms with E-state index in [-0.39, 0.29) is 17.8 Å². The molecule has 0 aliphatic carbocycles. The summed E-state index contributed by atoms with van der Waals surface area (Å²) < 4.78 is 50.2. The molecule has 1 N–H and O–H groups in total. The van der Waals surface area contributed by atoms with Crippen LogP contribution in [0.25, 0.3) is 22.6 Å². The lowest BCUT2D eigenvalue weighted by Crippen LogP contribution is -2.25. The minimum atomic E-state index is -4.54. The number of aryl methyl sites for hydroxylation is 1. The fourth-order valence-corrected chi connectivity index (χ4v) is 3.92. The van der Waals surface area contributed by atoms with Crippen LogP contribution in [0.4, 0.5) is 14.9 Å². The Morgan fingerprint density at radius 1 is 1.36 bits per heavy atom. The number of cyclic esters (lactones) is 1.